The van der Waals surface area contributed by atoms with Gasteiger partial charge in [-0.2, -0.15) is 0 Å². The fourth-order valence-corrected chi connectivity index (χ4v) is 3.71. The third kappa shape index (κ3) is 6.15. The third-order valence-electron chi connectivity index (χ3n) is 5.36. The van der Waals surface area contributed by atoms with E-state index >= 15 is 0 Å². The van der Waals surface area contributed by atoms with E-state index in [-0.39, 0.29) is 24.2 Å². The molecule has 1 aliphatic carbocycles. The van der Waals surface area contributed by atoms with Crippen LogP contribution in [-0.2, 0) is 4.79 Å². The minimum Gasteiger partial charge on any atom is -0.355 e. The van der Waals surface area contributed by atoms with Crippen molar-refractivity contribution in [2.75, 3.05) is 19.6 Å². The first-order valence-corrected chi connectivity index (χ1v) is 8.57. The van der Waals surface area contributed by atoms with Crippen LogP contribution in [0.25, 0.3) is 0 Å². The number of rotatable bonds is 5. The summed E-state index contributed by atoms with van der Waals surface area (Å²) in [5.41, 5.74) is 0.297. The van der Waals surface area contributed by atoms with Gasteiger partial charge in [0.25, 0.3) is 0 Å². The molecule has 2 N–H and O–H groups in total. The Kier molecular flexibility index (Phi) is 8.04. The van der Waals surface area contributed by atoms with Gasteiger partial charge in [0.2, 0.25) is 5.91 Å². The summed E-state index contributed by atoms with van der Waals surface area (Å²) >= 11 is 0. The lowest BCUT2D eigenvalue weighted by Crippen LogP contribution is -2.44. The first-order chi connectivity index (χ1) is 9.59. The Morgan fingerprint density at radius 1 is 1.24 bits per heavy atom. The van der Waals surface area contributed by atoms with Gasteiger partial charge in [-0.05, 0) is 43.7 Å². The van der Waals surface area contributed by atoms with E-state index in [0.29, 0.717) is 5.41 Å². The van der Waals surface area contributed by atoms with Crippen LogP contribution in [-0.4, -0.2) is 25.5 Å². The normalized spacial score (nSPS) is 23.9. The molecule has 4 heteroatoms. The van der Waals surface area contributed by atoms with E-state index in [1.807, 2.05) is 0 Å². The van der Waals surface area contributed by atoms with Gasteiger partial charge in [0.15, 0.2) is 0 Å². The molecule has 0 radical (unpaired) electrons. The van der Waals surface area contributed by atoms with Crippen molar-refractivity contribution in [3.8, 4) is 0 Å². The number of nitrogens with one attached hydrogen (secondary N) is 2. The van der Waals surface area contributed by atoms with Crippen molar-refractivity contribution in [3.05, 3.63) is 0 Å². The molecule has 0 spiro atoms. The average molecular weight is 317 g/mol. The maximum Gasteiger partial charge on any atom is 0.222 e. The second-order valence-electron chi connectivity index (χ2n) is 7.42. The van der Waals surface area contributed by atoms with Crippen molar-refractivity contribution in [2.24, 2.45) is 17.3 Å². The SMILES string of the molecule is CC(CC1CCCCC1)C(=O)NCC1(C)CCNCC1.Cl. The number of halogens is 1. The van der Waals surface area contributed by atoms with Gasteiger partial charge >= 0.3 is 0 Å². The van der Waals surface area contributed by atoms with Crippen molar-refractivity contribution in [1.82, 2.24) is 10.6 Å². The van der Waals surface area contributed by atoms with Crippen molar-refractivity contribution in [2.45, 2.75) is 65.2 Å². The van der Waals surface area contributed by atoms with Gasteiger partial charge in [-0.3, -0.25) is 4.79 Å². The Morgan fingerprint density at radius 2 is 1.86 bits per heavy atom. The molecule has 0 aromatic heterocycles. The molecule has 3 nitrogen and oxygen atoms in total. The van der Waals surface area contributed by atoms with Gasteiger partial charge in [0, 0.05) is 12.5 Å². The minimum atomic E-state index is 0. The van der Waals surface area contributed by atoms with E-state index in [9.17, 15) is 4.79 Å². The number of hydrogen-bond acceptors (Lipinski definition) is 2. The molecule has 2 aliphatic rings. The van der Waals surface area contributed by atoms with E-state index in [1.165, 1.54) is 44.9 Å². The summed E-state index contributed by atoms with van der Waals surface area (Å²) in [7, 11) is 0. The highest BCUT2D eigenvalue weighted by Crippen LogP contribution is 2.30. The van der Waals surface area contributed by atoms with Crippen LogP contribution in [0.5, 0.6) is 0 Å². The molecule has 2 fully saturated rings. The Balaban J connectivity index is 0.00000220. The van der Waals surface area contributed by atoms with E-state index in [4.69, 9.17) is 0 Å². The predicted molar refractivity (Wildman–Crippen MR) is 90.8 cm³/mol. The Morgan fingerprint density at radius 3 is 2.48 bits per heavy atom. The lowest BCUT2D eigenvalue weighted by molar-refractivity contribution is -0.125. The van der Waals surface area contributed by atoms with Crippen LogP contribution in [0.3, 0.4) is 0 Å². The van der Waals surface area contributed by atoms with E-state index in [0.717, 1.165) is 32.0 Å². The molecule has 0 aromatic carbocycles. The van der Waals surface area contributed by atoms with Crippen LogP contribution in [0.15, 0.2) is 0 Å². The van der Waals surface area contributed by atoms with E-state index < -0.39 is 0 Å². The Hall–Kier alpha value is -0.280. The fraction of sp³-hybridized carbons (Fsp3) is 0.941. The molecule has 1 aliphatic heterocycles. The van der Waals surface area contributed by atoms with Gasteiger partial charge in [0.1, 0.15) is 0 Å². The minimum absolute atomic E-state index is 0. The van der Waals surface area contributed by atoms with Crippen molar-refractivity contribution < 1.29 is 4.79 Å². The second-order valence-corrected chi connectivity index (χ2v) is 7.42. The zero-order valence-corrected chi connectivity index (χ0v) is 14.6. The van der Waals surface area contributed by atoms with Crippen LogP contribution in [0.2, 0.25) is 0 Å². The molecule has 1 atom stereocenters. The van der Waals surface area contributed by atoms with Crippen LogP contribution in [0.4, 0.5) is 0 Å². The first kappa shape index (κ1) is 18.8. The largest absolute Gasteiger partial charge is 0.355 e. The first-order valence-electron chi connectivity index (χ1n) is 8.57. The Labute approximate surface area is 136 Å². The third-order valence-corrected chi connectivity index (χ3v) is 5.36. The van der Waals surface area contributed by atoms with Gasteiger partial charge in [0.05, 0.1) is 0 Å². The summed E-state index contributed by atoms with van der Waals surface area (Å²) in [6.07, 6.45) is 10.2. The van der Waals surface area contributed by atoms with Crippen LogP contribution in [0, 0.1) is 17.3 Å². The standard InChI is InChI=1S/C17H32N2O.ClH/c1-14(12-15-6-4-3-5-7-15)16(20)19-13-17(2)8-10-18-11-9-17;/h14-15,18H,3-13H2,1-2H3,(H,19,20);1H. The molecule has 1 saturated carbocycles. The van der Waals surface area contributed by atoms with Crippen LogP contribution < -0.4 is 10.6 Å². The fourth-order valence-electron chi connectivity index (χ4n) is 3.71. The lowest BCUT2D eigenvalue weighted by atomic mass is 9.80. The summed E-state index contributed by atoms with van der Waals surface area (Å²) in [6, 6.07) is 0. The quantitative estimate of drug-likeness (QED) is 0.815. The number of carbonyl (C=O) groups is 1. The summed E-state index contributed by atoms with van der Waals surface area (Å²) in [6.45, 7) is 7.44. The Bertz CT molecular complexity index is 310. The number of amides is 1. The molecule has 1 unspecified atom stereocenters. The summed E-state index contributed by atoms with van der Waals surface area (Å²) in [5, 5.41) is 6.61. The van der Waals surface area contributed by atoms with Crippen molar-refractivity contribution >= 4 is 18.3 Å². The van der Waals surface area contributed by atoms with Crippen LogP contribution >= 0.6 is 12.4 Å². The topological polar surface area (TPSA) is 41.1 Å². The number of hydrogen-bond donors (Lipinski definition) is 2. The zero-order chi connectivity index (χ0) is 14.4. The molecular weight excluding hydrogens is 284 g/mol. The second kappa shape index (κ2) is 8.99. The van der Waals surface area contributed by atoms with Crippen molar-refractivity contribution in [1.29, 1.82) is 0 Å². The smallest absolute Gasteiger partial charge is 0.222 e. The molecule has 1 heterocycles. The molecule has 2 rings (SSSR count). The summed E-state index contributed by atoms with van der Waals surface area (Å²) in [4.78, 5) is 12.3. The number of carbonyl (C=O) groups excluding carboxylic acids is 1. The van der Waals surface area contributed by atoms with Crippen LogP contribution in [0.1, 0.15) is 65.2 Å². The highest BCUT2D eigenvalue weighted by atomic mass is 35.5. The van der Waals surface area contributed by atoms with Gasteiger partial charge < -0.3 is 10.6 Å². The molecule has 0 aromatic rings. The lowest BCUT2D eigenvalue weighted by Gasteiger charge is -2.34. The molecule has 1 amide bonds. The molecule has 21 heavy (non-hydrogen) atoms. The van der Waals surface area contributed by atoms with Gasteiger partial charge in [-0.1, -0.05) is 46.0 Å². The zero-order valence-electron chi connectivity index (χ0n) is 13.7. The molecule has 124 valence electrons. The maximum absolute atomic E-state index is 12.3. The average Bonchev–Trinajstić information content (AvgIpc) is 2.46. The summed E-state index contributed by atoms with van der Waals surface area (Å²) < 4.78 is 0. The maximum atomic E-state index is 12.3. The predicted octanol–water partition coefficient (Wildman–Crippen LogP) is 3.52. The van der Waals surface area contributed by atoms with E-state index in [2.05, 4.69) is 24.5 Å². The monoisotopic (exact) mass is 316 g/mol. The highest BCUT2D eigenvalue weighted by molar-refractivity contribution is 5.85. The van der Waals surface area contributed by atoms with E-state index in [1.54, 1.807) is 0 Å². The van der Waals surface area contributed by atoms with Gasteiger partial charge in [-0.25, -0.2) is 0 Å². The highest BCUT2D eigenvalue weighted by Gasteiger charge is 2.28. The van der Waals surface area contributed by atoms with Crippen molar-refractivity contribution in [3.63, 3.8) is 0 Å². The summed E-state index contributed by atoms with van der Waals surface area (Å²) in [5.74, 6) is 1.25. The molecular formula is C17H33ClN2O. The van der Waals surface area contributed by atoms with Gasteiger partial charge in [-0.15, -0.1) is 12.4 Å². The molecule has 0 bridgehead atoms. The molecule has 1 saturated heterocycles. The number of piperidine rings is 1.